The molecule has 92 valence electrons. The molecule has 2 rings (SSSR count). The van der Waals surface area contributed by atoms with E-state index in [2.05, 4.69) is 11.8 Å². The molecule has 0 amide bonds. The average Bonchev–Trinajstić information content (AvgIpc) is 2.32. The van der Waals surface area contributed by atoms with Crippen LogP contribution in [0, 0.1) is 5.92 Å². The van der Waals surface area contributed by atoms with Crippen molar-refractivity contribution in [3.05, 3.63) is 0 Å². The summed E-state index contributed by atoms with van der Waals surface area (Å²) in [5.74, 6) is 1.46. The van der Waals surface area contributed by atoms with Crippen molar-refractivity contribution in [2.24, 2.45) is 5.92 Å². The molecule has 16 heavy (non-hydrogen) atoms. The second kappa shape index (κ2) is 5.81. The Labute approximate surface area is 99.4 Å². The summed E-state index contributed by atoms with van der Waals surface area (Å²) in [6, 6.07) is 0.722. The zero-order valence-electron chi connectivity index (χ0n) is 10.6. The predicted molar refractivity (Wildman–Crippen MR) is 66.5 cm³/mol. The first-order chi connectivity index (χ1) is 7.79. The van der Waals surface area contributed by atoms with Gasteiger partial charge >= 0.3 is 0 Å². The minimum absolute atomic E-state index is 0.483. The van der Waals surface area contributed by atoms with Gasteiger partial charge in [0.25, 0.3) is 0 Å². The monoisotopic (exact) mass is 223 g/mol. The minimum Gasteiger partial charge on any atom is -0.300 e. The number of nitrogens with zero attached hydrogens (tertiary/aromatic N) is 1. The van der Waals surface area contributed by atoms with E-state index in [0.717, 1.165) is 37.6 Å². The Hall–Kier alpha value is -0.370. The zero-order chi connectivity index (χ0) is 11.4. The molecule has 0 aromatic rings. The third-order valence-electron chi connectivity index (χ3n) is 4.38. The van der Waals surface area contributed by atoms with Gasteiger partial charge in [-0.25, -0.2) is 0 Å². The number of likely N-dealkylation sites (tertiary alicyclic amines) is 1. The fraction of sp³-hybridized carbons (Fsp3) is 0.929. The quantitative estimate of drug-likeness (QED) is 0.733. The van der Waals surface area contributed by atoms with Crippen molar-refractivity contribution in [1.82, 2.24) is 4.90 Å². The number of rotatable bonds is 3. The molecule has 0 N–H and O–H groups in total. The van der Waals surface area contributed by atoms with Gasteiger partial charge in [0.05, 0.1) is 0 Å². The standard InChI is InChI=1S/C14H25NO/c1-2-3-12-8-10-15(11-9-12)13-4-6-14(16)7-5-13/h12-13H,2-11H2,1H3. The van der Waals surface area contributed by atoms with Crippen LogP contribution in [0.4, 0.5) is 0 Å². The van der Waals surface area contributed by atoms with Gasteiger partial charge in [0.15, 0.2) is 0 Å². The van der Waals surface area contributed by atoms with E-state index in [-0.39, 0.29) is 0 Å². The largest absolute Gasteiger partial charge is 0.300 e. The van der Waals surface area contributed by atoms with Gasteiger partial charge in [-0.3, -0.25) is 4.79 Å². The van der Waals surface area contributed by atoms with Crippen LogP contribution in [0.3, 0.4) is 0 Å². The molecular weight excluding hydrogens is 198 g/mol. The van der Waals surface area contributed by atoms with Crippen LogP contribution in [0.15, 0.2) is 0 Å². The molecule has 0 bridgehead atoms. The Balaban J connectivity index is 1.74. The van der Waals surface area contributed by atoms with Crippen molar-refractivity contribution in [2.45, 2.75) is 64.3 Å². The number of Topliss-reactive ketones (excluding diaryl/α,β-unsaturated/α-hetero) is 1. The molecule has 2 aliphatic rings. The number of carbonyl (C=O) groups excluding carboxylic acids is 1. The summed E-state index contributed by atoms with van der Waals surface area (Å²) in [5.41, 5.74) is 0. The molecule has 1 aliphatic heterocycles. The summed E-state index contributed by atoms with van der Waals surface area (Å²) in [4.78, 5) is 13.9. The number of hydrogen-bond acceptors (Lipinski definition) is 2. The van der Waals surface area contributed by atoms with Crippen LogP contribution in [-0.2, 0) is 4.79 Å². The molecule has 0 aromatic carbocycles. The summed E-state index contributed by atoms with van der Waals surface area (Å²) >= 11 is 0. The number of piperidine rings is 1. The first-order valence-electron chi connectivity index (χ1n) is 7.05. The molecule has 0 radical (unpaired) electrons. The van der Waals surface area contributed by atoms with Gasteiger partial charge in [-0.05, 0) is 44.7 Å². The van der Waals surface area contributed by atoms with Crippen molar-refractivity contribution in [3.8, 4) is 0 Å². The molecule has 2 fully saturated rings. The van der Waals surface area contributed by atoms with Gasteiger partial charge in [-0.15, -0.1) is 0 Å². The van der Waals surface area contributed by atoms with Crippen molar-refractivity contribution in [1.29, 1.82) is 0 Å². The van der Waals surface area contributed by atoms with Crippen LogP contribution >= 0.6 is 0 Å². The molecule has 1 saturated carbocycles. The van der Waals surface area contributed by atoms with Crippen molar-refractivity contribution >= 4 is 5.78 Å². The van der Waals surface area contributed by atoms with Crippen molar-refractivity contribution in [2.75, 3.05) is 13.1 Å². The average molecular weight is 223 g/mol. The molecule has 1 heterocycles. The van der Waals surface area contributed by atoms with E-state index in [0.29, 0.717) is 5.78 Å². The maximum atomic E-state index is 11.2. The number of ketones is 1. The molecule has 0 spiro atoms. The molecule has 1 aliphatic carbocycles. The van der Waals surface area contributed by atoms with Gasteiger partial charge in [-0.1, -0.05) is 19.8 Å². The van der Waals surface area contributed by atoms with Crippen LogP contribution in [0.2, 0.25) is 0 Å². The molecular formula is C14H25NO. The molecule has 0 aromatic heterocycles. The lowest BCUT2D eigenvalue weighted by atomic mass is 9.88. The zero-order valence-corrected chi connectivity index (χ0v) is 10.6. The molecule has 2 nitrogen and oxygen atoms in total. The smallest absolute Gasteiger partial charge is 0.133 e. The lowest BCUT2D eigenvalue weighted by Crippen LogP contribution is -2.43. The topological polar surface area (TPSA) is 20.3 Å². The highest BCUT2D eigenvalue weighted by atomic mass is 16.1. The summed E-state index contributed by atoms with van der Waals surface area (Å²) in [6.45, 7) is 4.85. The van der Waals surface area contributed by atoms with E-state index in [1.165, 1.54) is 38.8 Å². The summed E-state index contributed by atoms with van der Waals surface area (Å²) in [7, 11) is 0. The Bertz CT molecular complexity index is 221. The maximum Gasteiger partial charge on any atom is 0.133 e. The molecule has 0 unspecified atom stereocenters. The van der Waals surface area contributed by atoms with Gasteiger partial charge in [0.2, 0.25) is 0 Å². The lowest BCUT2D eigenvalue weighted by molar-refractivity contribution is -0.121. The number of hydrogen-bond donors (Lipinski definition) is 0. The molecule has 1 saturated heterocycles. The Kier molecular flexibility index (Phi) is 4.39. The van der Waals surface area contributed by atoms with Crippen LogP contribution in [0.5, 0.6) is 0 Å². The van der Waals surface area contributed by atoms with Gasteiger partial charge < -0.3 is 4.90 Å². The summed E-state index contributed by atoms with van der Waals surface area (Å²) < 4.78 is 0. The van der Waals surface area contributed by atoms with E-state index in [9.17, 15) is 4.79 Å². The fourth-order valence-electron chi connectivity index (χ4n) is 3.30. The molecule has 2 heteroatoms. The summed E-state index contributed by atoms with van der Waals surface area (Å²) in [5, 5.41) is 0. The van der Waals surface area contributed by atoms with E-state index >= 15 is 0 Å². The maximum absolute atomic E-state index is 11.2. The van der Waals surface area contributed by atoms with Gasteiger partial charge in [0.1, 0.15) is 5.78 Å². The molecule has 0 atom stereocenters. The highest BCUT2D eigenvalue weighted by Crippen LogP contribution is 2.27. The first-order valence-corrected chi connectivity index (χ1v) is 7.05. The Morgan fingerprint density at radius 1 is 1.12 bits per heavy atom. The van der Waals surface area contributed by atoms with E-state index < -0.39 is 0 Å². The fourth-order valence-corrected chi connectivity index (χ4v) is 3.30. The van der Waals surface area contributed by atoms with E-state index in [1.54, 1.807) is 0 Å². The van der Waals surface area contributed by atoms with Crippen LogP contribution in [-0.4, -0.2) is 29.8 Å². The second-order valence-corrected chi connectivity index (χ2v) is 5.54. The highest BCUT2D eigenvalue weighted by Gasteiger charge is 2.27. The predicted octanol–water partition coefficient (Wildman–Crippen LogP) is 3.01. The minimum atomic E-state index is 0.483. The summed E-state index contributed by atoms with van der Waals surface area (Å²) in [6.07, 6.45) is 9.43. The van der Waals surface area contributed by atoms with Crippen molar-refractivity contribution < 1.29 is 4.79 Å². The first kappa shape index (κ1) is 12.1. The second-order valence-electron chi connectivity index (χ2n) is 5.54. The van der Waals surface area contributed by atoms with Crippen LogP contribution < -0.4 is 0 Å². The third kappa shape index (κ3) is 3.07. The van der Waals surface area contributed by atoms with E-state index in [4.69, 9.17) is 0 Å². The third-order valence-corrected chi connectivity index (χ3v) is 4.38. The Morgan fingerprint density at radius 2 is 1.75 bits per heavy atom. The normalized spacial score (nSPS) is 26.2. The van der Waals surface area contributed by atoms with Crippen molar-refractivity contribution in [3.63, 3.8) is 0 Å². The highest BCUT2D eigenvalue weighted by molar-refractivity contribution is 5.79. The lowest BCUT2D eigenvalue weighted by Gasteiger charge is -2.39. The van der Waals surface area contributed by atoms with Gasteiger partial charge in [0, 0.05) is 18.9 Å². The SMILES string of the molecule is CCCC1CCN(C2CCC(=O)CC2)CC1. The van der Waals surface area contributed by atoms with Crippen LogP contribution in [0.25, 0.3) is 0 Å². The Morgan fingerprint density at radius 3 is 2.31 bits per heavy atom. The number of carbonyl (C=O) groups is 1. The van der Waals surface area contributed by atoms with E-state index in [1.807, 2.05) is 0 Å². The van der Waals surface area contributed by atoms with Gasteiger partial charge in [-0.2, -0.15) is 0 Å². The van der Waals surface area contributed by atoms with Crippen LogP contribution in [0.1, 0.15) is 58.3 Å².